The summed E-state index contributed by atoms with van der Waals surface area (Å²) >= 11 is 0. The molecule has 1 aliphatic rings. The van der Waals surface area contributed by atoms with E-state index in [0.29, 0.717) is 0 Å². The monoisotopic (exact) mass is 216 g/mol. The number of rotatable bonds is 1. The van der Waals surface area contributed by atoms with Gasteiger partial charge in [0.15, 0.2) is 0 Å². The zero-order valence-electron chi connectivity index (χ0n) is 7.98. The molecule has 1 heterocycles. The van der Waals surface area contributed by atoms with E-state index in [-0.39, 0.29) is 11.3 Å². The standard InChI is InChI=1S/C11H5FN2O2/c12-9-2-1-8(5-7(9)6-13)14-10(15)3-4-11(14)16/h1-5H. The van der Waals surface area contributed by atoms with Crippen LogP contribution in [0.15, 0.2) is 30.4 Å². The Morgan fingerprint density at radius 2 is 1.81 bits per heavy atom. The molecule has 4 nitrogen and oxygen atoms in total. The van der Waals surface area contributed by atoms with Crippen LogP contribution in [-0.2, 0) is 9.59 Å². The Hall–Kier alpha value is -2.48. The van der Waals surface area contributed by atoms with Gasteiger partial charge in [-0.15, -0.1) is 0 Å². The lowest BCUT2D eigenvalue weighted by Gasteiger charge is -2.13. The van der Waals surface area contributed by atoms with E-state index in [2.05, 4.69) is 0 Å². The van der Waals surface area contributed by atoms with E-state index in [1.165, 1.54) is 6.07 Å². The third-order valence-electron chi connectivity index (χ3n) is 2.14. The van der Waals surface area contributed by atoms with Crippen LogP contribution in [0.2, 0.25) is 0 Å². The van der Waals surface area contributed by atoms with Crippen LogP contribution in [0.1, 0.15) is 5.56 Å². The molecule has 0 N–H and O–H groups in total. The van der Waals surface area contributed by atoms with Crippen LogP contribution in [0.4, 0.5) is 10.1 Å². The van der Waals surface area contributed by atoms with Crippen molar-refractivity contribution in [3.63, 3.8) is 0 Å². The van der Waals surface area contributed by atoms with Crippen molar-refractivity contribution in [3.8, 4) is 6.07 Å². The Kier molecular flexibility index (Phi) is 2.25. The van der Waals surface area contributed by atoms with E-state index < -0.39 is 17.6 Å². The molecule has 0 saturated heterocycles. The summed E-state index contributed by atoms with van der Waals surface area (Å²) in [4.78, 5) is 23.5. The summed E-state index contributed by atoms with van der Waals surface area (Å²) in [5.74, 6) is -1.68. The highest BCUT2D eigenvalue weighted by atomic mass is 19.1. The van der Waals surface area contributed by atoms with Gasteiger partial charge in [0.2, 0.25) is 0 Å². The zero-order chi connectivity index (χ0) is 11.7. The van der Waals surface area contributed by atoms with E-state index in [1.54, 1.807) is 6.07 Å². The minimum Gasteiger partial charge on any atom is -0.269 e. The number of hydrogen-bond donors (Lipinski definition) is 0. The number of carbonyl (C=O) groups excluding carboxylic acids is 2. The van der Waals surface area contributed by atoms with Crippen LogP contribution in [0.25, 0.3) is 0 Å². The summed E-state index contributed by atoms with van der Waals surface area (Å²) < 4.78 is 13.0. The molecule has 0 unspecified atom stereocenters. The molecule has 0 atom stereocenters. The number of halogens is 1. The SMILES string of the molecule is N#Cc1cc(N2C(=O)C=CC2=O)ccc1F. The van der Waals surface area contributed by atoms with Crippen molar-refractivity contribution in [2.75, 3.05) is 4.90 Å². The summed E-state index contributed by atoms with van der Waals surface area (Å²) in [5, 5.41) is 8.62. The van der Waals surface area contributed by atoms with Gasteiger partial charge in [0.05, 0.1) is 11.3 Å². The molecule has 0 radical (unpaired) electrons. The van der Waals surface area contributed by atoms with Crippen LogP contribution >= 0.6 is 0 Å². The van der Waals surface area contributed by atoms with Gasteiger partial charge >= 0.3 is 0 Å². The lowest BCUT2D eigenvalue weighted by atomic mass is 10.2. The Bertz CT molecular complexity index is 540. The highest BCUT2D eigenvalue weighted by Crippen LogP contribution is 2.21. The van der Waals surface area contributed by atoms with Crippen molar-refractivity contribution in [1.29, 1.82) is 5.26 Å². The van der Waals surface area contributed by atoms with Crippen LogP contribution in [0.3, 0.4) is 0 Å². The quantitative estimate of drug-likeness (QED) is 0.661. The average Bonchev–Trinajstić information content (AvgIpc) is 2.60. The zero-order valence-corrected chi connectivity index (χ0v) is 7.98. The molecule has 16 heavy (non-hydrogen) atoms. The first-order chi connectivity index (χ1) is 7.63. The summed E-state index contributed by atoms with van der Waals surface area (Å²) in [6.07, 6.45) is 2.25. The van der Waals surface area contributed by atoms with Gasteiger partial charge in [0.1, 0.15) is 11.9 Å². The summed E-state index contributed by atoms with van der Waals surface area (Å²) in [6, 6.07) is 5.13. The largest absolute Gasteiger partial charge is 0.269 e. The summed E-state index contributed by atoms with van der Waals surface area (Å²) in [5.41, 5.74) is -0.0112. The number of benzene rings is 1. The Morgan fingerprint density at radius 3 is 2.38 bits per heavy atom. The first-order valence-electron chi connectivity index (χ1n) is 4.39. The smallest absolute Gasteiger partial charge is 0.258 e. The molecule has 0 saturated carbocycles. The van der Waals surface area contributed by atoms with Crippen LogP contribution in [-0.4, -0.2) is 11.8 Å². The lowest BCUT2D eigenvalue weighted by Crippen LogP contribution is -2.29. The molecular weight excluding hydrogens is 211 g/mol. The fourth-order valence-electron chi connectivity index (χ4n) is 1.39. The predicted molar refractivity (Wildman–Crippen MR) is 52.7 cm³/mol. The lowest BCUT2D eigenvalue weighted by molar-refractivity contribution is -0.119. The first kappa shape index (κ1) is 10.1. The van der Waals surface area contributed by atoms with Crippen molar-refractivity contribution in [2.45, 2.75) is 0 Å². The van der Waals surface area contributed by atoms with Gasteiger partial charge in [-0.2, -0.15) is 5.26 Å². The summed E-state index contributed by atoms with van der Waals surface area (Å²) in [6.45, 7) is 0. The van der Waals surface area contributed by atoms with E-state index in [9.17, 15) is 14.0 Å². The molecule has 78 valence electrons. The van der Waals surface area contributed by atoms with Crippen LogP contribution in [0.5, 0.6) is 0 Å². The fraction of sp³-hybridized carbons (Fsp3) is 0. The van der Waals surface area contributed by atoms with E-state index >= 15 is 0 Å². The molecule has 2 amide bonds. The molecule has 0 aliphatic carbocycles. The van der Waals surface area contributed by atoms with Gasteiger partial charge < -0.3 is 0 Å². The topological polar surface area (TPSA) is 61.2 Å². The third-order valence-corrected chi connectivity index (χ3v) is 2.14. The van der Waals surface area contributed by atoms with E-state index in [4.69, 9.17) is 5.26 Å². The molecule has 1 aromatic carbocycles. The van der Waals surface area contributed by atoms with Crippen molar-refractivity contribution >= 4 is 17.5 Å². The second-order valence-electron chi connectivity index (χ2n) is 3.12. The highest BCUT2D eigenvalue weighted by molar-refractivity contribution is 6.28. The molecule has 1 aliphatic heterocycles. The van der Waals surface area contributed by atoms with Gasteiger partial charge in [0.25, 0.3) is 11.8 Å². The third kappa shape index (κ3) is 1.46. The van der Waals surface area contributed by atoms with E-state index in [1.807, 2.05) is 0 Å². The Labute approximate surface area is 90.2 Å². The van der Waals surface area contributed by atoms with Gasteiger partial charge in [-0.3, -0.25) is 9.59 Å². The number of hydrogen-bond acceptors (Lipinski definition) is 3. The van der Waals surface area contributed by atoms with Crippen molar-refractivity contribution in [2.24, 2.45) is 0 Å². The second kappa shape index (κ2) is 3.59. The van der Waals surface area contributed by atoms with Crippen molar-refractivity contribution in [3.05, 3.63) is 41.7 Å². The molecule has 2 rings (SSSR count). The Balaban J connectivity index is 2.47. The number of imide groups is 1. The minimum atomic E-state index is -0.682. The molecule has 0 fully saturated rings. The predicted octanol–water partition coefficient (Wildman–Crippen LogP) is 1.13. The molecule has 1 aromatic rings. The van der Waals surface area contributed by atoms with E-state index in [0.717, 1.165) is 29.2 Å². The average molecular weight is 216 g/mol. The number of nitrogens with zero attached hydrogens (tertiary/aromatic N) is 2. The maximum atomic E-state index is 13.0. The van der Waals surface area contributed by atoms with Gasteiger partial charge in [-0.1, -0.05) is 0 Å². The molecule has 5 heteroatoms. The van der Waals surface area contributed by atoms with Crippen molar-refractivity contribution < 1.29 is 14.0 Å². The number of carbonyl (C=O) groups is 2. The molecule has 0 spiro atoms. The maximum Gasteiger partial charge on any atom is 0.258 e. The van der Waals surface area contributed by atoms with Gasteiger partial charge in [-0.05, 0) is 18.2 Å². The molecule has 0 bridgehead atoms. The number of amides is 2. The Morgan fingerprint density at radius 1 is 1.19 bits per heavy atom. The van der Waals surface area contributed by atoms with Crippen LogP contribution in [0, 0.1) is 17.1 Å². The first-order valence-corrected chi connectivity index (χ1v) is 4.39. The highest BCUT2D eigenvalue weighted by Gasteiger charge is 2.25. The van der Waals surface area contributed by atoms with Crippen LogP contribution < -0.4 is 4.90 Å². The fourth-order valence-corrected chi connectivity index (χ4v) is 1.39. The van der Waals surface area contributed by atoms with Gasteiger partial charge in [-0.25, -0.2) is 9.29 Å². The molecule has 0 aromatic heterocycles. The van der Waals surface area contributed by atoms with Gasteiger partial charge in [0, 0.05) is 12.2 Å². The maximum absolute atomic E-state index is 13.0. The molecular formula is C11H5FN2O2. The normalized spacial score (nSPS) is 14.4. The minimum absolute atomic E-state index is 0.193. The van der Waals surface area contributed by atoms with Crippen molar-refractivity contribution in [1.82, 2.24) is 0 Å². The number of nitriles is 1. The number of anilines is 1. The second-order valence-corrected chi connectivity index (χ2v) is 3.12. The summed E-state index contributed by atoms with van der Waals surface area (Å²) in [7, 11) is 0.